The van der Waals surface area contributed by atoms with Crippen LogP contribution in [0.5, 0.6) is 0 Å². The van der Waals surface area contributed by atoms with E-state index < -0.39 is 0 Å². The molecule has 0 saturated heterocycles. The molecule has 0 aromatic heterocycles. The van der Waals surface area contributed by atoms with Gasteiger partial charge in [-0.2, -0.15) is 0 Å². The Bertz CT molecular complexity index is 348. The molecule has 0 N–H and O–H groups in total. The Morgan fingerprint density at radius 1 is 1.44 bits per heavy atom. The monoisotopic (exact) mass is 235 g/mol. The highest BCUT2D eigenvalue weighted by Crippen LogP contribution is 2.34. The van der Waals surface area contributed by atoms with Crippen LogP contribution < -0.4 is 0 Å². The largest absolute Gasteiger partial charge is 0.264 e. The lowest BCUT2D eigenvalue weighted by Gasteiger charge is -2.13. The fourth-order valence-corrected chi connectivity index (χ4v) is 2.98. The molecule has 0 amide bonds. The molecule has 0 aromatic carbocycles. The smallest absolute Gasteiger partial charge is 0.0653 e. The Hall–Kier alpha value is -0.760. The lowest BCUT2D eigenvalue weighted by atomic mass is 10.1. The van der Waals surface area contributed by atoms with Crippen molar-refractivity contribution in [2.45, 2.75) is 45.8 Å². The number of aliphatic imine (C=N–C) groups is 1. The molecule has 0 aromatic rings. The third-order valence-corrected chi connectivity index (χ3v) is 4.17. The number of thioether (sulfide) groups is 1. The van der Waals surface area contributed by atoms with Crippen LogP contribution >= 0.6 is 11.8 Å². The zero-order chi connectivity index (χ0) is 12.0. The summed E-state index contributed by atoms with van der Waals surface area (Å²) >= 11 is 1.93. The van der Waals surface area contributed by atoms with Gasteiger partial charge in [0.1, 0.15) is 0 Å². The van der Waals surface area contributed by atoms with Crippen molar-refractivity contribution < 1.29 is 0 Å². The summed E-state index contributed by atoms with van der Waals surface area (Å²) in [5.74, 6) is 0. The molecule has 0 spiro atoms. The molecular formula is C14H21NS. The van der Waals surface area contributed by atoms with Crippen LogP contribution in [0.2, 0.25) is 0 Å². The highest BCUT2D eigenvalue weighted by atomic mass is 32.2. The molecule has 1 aliphatic heterocycles. The zero-order valence-corrected chi connectivity index (χ0v) is 11.5. The van der Waals surface area contributed by atoms with E-state index in [2.05, 4.69) is 57.1 Å². The molecule has 0 aliphatic carbocycles. The Morgan fingerprint density at radius 2 is 2.19 bits per heavy atom. The molecule has 0 radical (unpaired) electrons. The highest BCUT2D eigenvalue weighted by molar-refractivity contribution is 8.04. The maximum atomic E-state index is 4.57. The van der Waals surface area contributed by atoms with E-state index >= 15 is 0 Å². The van der Waals surface area contributed by atoms with E-state index in [9.17, 15) is 0 Å². The molecule has 0 bridgehead atoms. The molecule has 0 saturated carbocycles. The van der Waals surface area contributed by atoms with Crippen LogP contribution in [-0.2, 0) is 0 Å². The molecule has 88 valence electrons. The summed E-state index contributed by atoms with van der Waals surface area (Å²) in [4.78, 5) is 5.99. The summed E-state index contributed by atoms with van der Waals surface area (Å²) in [5, 5.41) is 0.415. The highest BCUT2D eigenvalue weighted by Gasteiger charge is 2.16. The second-order valence-electron chi connectivity index (χ2n) is 3.75. The normalized spacial score (nSPS) is 27.5. The SMILES string of the molecule is C/C=C1\C/C(=C\C)S[C@H](/C(=C/C)CC)C=N1. The summed E-state index contributed by atoms with van der Waals surface area (Å²) in [6, 6.07) is 0. The van der Waals surface area contributed by atoms with Crippen molar-refractivity contribution in [2.24, 2.45) is 4.99 Å². The topological polar surface area (TPSA) is 12.4 Å². The van der Waals surface area contributed by atoms with Crippen molar-refractivity contribution in [1.29, 1.82) is 0 Å². The molecule has 0 unspecified atom stereocenters. The maximum absolute atomic E-state index is 4.57. The molecule has 1 heterocycles. The van der Waals surface area contributed by atoms with E-state index in [1.165, 1.54) is 16.2 Å². The minimum Gasteiger partial charge on any atom is -0.264 e. The molecule has 1 rings (SSSR count). The van der Waals surface area contributed by atoms with Crippen LogP contribution in [0.4, 0.5) is 0 Å². The second-order valence-corrected chi connectivity index (χ2v) is 5.01. The van der Waals surface area contributed by atoms with Crippen LogP contribution in [0, 0.1) is 0 Å². The fraction of sp³-hybridized carbons (Fsp3) is 0.500. The Kier molecular flexibility index (Phi) is 5.61. The molecule has 1 atom stereocenters. The van der Waals surface area contributed by atoms with Crippen LogP contribution in [0.25, 0.3) is 0 Å². The van der Waals surface area contributed by atoms with Crippen molar-refractivity contribution in [3.05, 3.63) is 34.4 Å². The summed E-state index contributed by atoms with van der Waals surface area (Å²) < 4.78 is 0. The van der Waals surface area contributed by atoms with Crippen LogP contribution in [0.15, 0.2) is 39.4 Å². The van der Waals surface area contributed by atoms with E-state index in [4.69, 9.17) is 0 Å². The van der Waals surface area contributed by atoms with Crippen LogP contribution in [-0.4, -0.2) is 11.5 Å². The molecule has 16 heavy (non-hydrogen) atoms. The quantitative estimate of drug-likeness (QED) is 0.630. The Balaban J connectivity index is 2.96. The van der Waals surface area contributed by atoms with E-state index in [1.54, 1.807) is 0 Å². The fourth-order valence-electron chi connectivity index (χ4n) is 1.71. The first-order chi connectivity index (χ1) is 7.74. The van der Waals surface area contributed by atoms with Gasteiger partial charge in [0.2, 0.25) is 0 Å². The van der Waals surface area contributed by atoms with E-state index in [0.29, 0.717) is 5.25 Å². The lowest BCUT2D eigenvalue weighted by Crippen LogP contribution is -2.07. The standard InChI is InChI=1S/C14H21NS/c1-5-11(6-2)14-10-15-12(7-3)9-13(8-4)16-14/h5,7-8,10,14H,6,9H2,1-4H3/b11-5+,12-7+,13-8+/t14-/m0/s1. The summed E-state index contributed by atoms with van der Waals surface area (Å²) in [6.45, 7) is 8.49. The second kappa shape index (κ2) is 6.74. The minimum absolute atomic E-state index is 0.415. The number of allylic oxidation sites excluding steroid dienone is 4. The number of rotatable bonds is 2. The summed E-state index contributed by atoms with van der Waals surface area (Å²) in [7, 11) is 0. The molecule has 1 aliphatic rings. The van der Waals surface area contributed by atoms with Gasteiger partial charge in [-0.3, -0.25) is 4.99 Å². The predicted octanol–water partition coefficient (Wildman–Crippen LogP) is 4.73. The number of hydrogen-bond acceptors (Lipinski definition) is 2. The van der Waals surface area contributed by atoms with E-state index in [-0.39, 0.29) is 0 Å². The Morgan fingerprint density at radius 3 is 2.69 bits per heavy atom. The van der Waals surface area contributed by atoms with Crippen molar-refractivity contribution in [3.8, 4) is 0 Å². The van der Waals surface area contributed by atoms with Gasteiger partial charge in [-0.25, -0.2) is 0 Å². The number of nitrogens with zero attached hydrogens (tertiary/aromatic N) is 1. The van der Waals surface area contributed by atoms with Gasteiger partial charge in [0.25, 0.3) is 0 Å². The van der Waals surface area contributed by atoms with Gasteiger partial charge in [0.15, 0.2) is 0 Å². The summed E-state index contributed by atoms with van der Waals surface area (Å²) in [5.41, 5.74) is 2.64. The number of hydrogen-bond donors (Lipinski definition) is 0. The first-order valence-electron chi connectivity index (χ1n) is 5.91. The predicted molar refractivity (Wildman–Crippen MR) is 76.1 cm³/mol. The van der Waals surface area contributed by atoms with E-state index in [0.717, 1.165) is 12.8 Å². The van der Waals surface area contributed by atoms with Gasteiger partial charge in [-0.15, -0.1) is 11.8 Å². The average Bonchev–Trinajstić information content (AvgIpc) is 2.53. The molecular weight excluding hydrogens is 214 g/mol. The molecule has 2 heteroatoms. The zero-order valence-electron chi connectivity index (χ0n) is 10.7. The first-order valence-corrected chi connectivity index (χ1v) is 6.79. The molecule has 0 fully saturated rings. The lowest BCUT2D eigenvalue weighted by molar-refractivity contribution is 1.06. The molecule has 1 nitrogen and oxygen atoms in total. The maximum Gasteiger partial charge on any atom is 0.0653 e. The van der Waals surface area contributed by atoms with Crippen molar-refractivity contribution in [1.82, 2.24) is 0 Å². The van der Waals surface area contributed by atoms with Crippen molar-refractivity contribution >= 4 is 18.0 Å². The van der Waals surface area contributed by atoms with Gasteiger partial charge in [0, 0.05) is 18.3 Å². The van der Waals surface area contributed by atoms with Crippen molar-refractivity contribution in [3.63, 3.8) is 0 Å². The van der Waals surface area contributed by atoms with Gasteiger partial charge in [-0.05, 0) is 32.1 Å². The van der Waals surface area contributed by atoms with Gasteiger partial charge >= 0.3 is 0 Å². The van der Waals surface area contributed by atoms with Gasteiger partial charge < -0.3 is 0 Å². The summed E-state index contributed by atoms with van der Waals surface area (Å²) in [6.07, 6.45) is 10.7. The third-order valence-electron chi connectivity index (χ3n) is 2.81. The van der Waals surface area contributed by atoms with Crippen molar-refractivity contribution in [2.75, 3.05) is 0 Å². The Labute approximate surface area is 103 Å². The van der Waals surface area contributed by atoms with Gasteiger partial charge in [0.05, 0.1) is 5.25 Å². The van der Waals surface area contributed by atoms with Crippen LogP contribution in [0.3, 0.4) is 0 Å². The van der Waals surface area contributed by atoms with Gasteiger partial charge in [-0.1, -0.05) is 30.7 Å². The minimum atomic E-state index is 0.415. The third kappa shape index (κ3) is 3.38. The van der Waals surface area contributed by atoms with E-state index in [1.807, 2.05) is 11.8 Å². The van der Waals surface area contributed by atoms with Crippen LogP contribution in [0.1, 0.15) is 40.5 Å². The first kappa shape index (κ1) is 13.3. The average molecular weight is 235 g/mol.